The number of carbonyl (C=O) groups excluding carboxylic acids is 1. The number of anilines is 1. The Bertz CT molecular complexity index is 620. The number of amides is 2. The molecule has 0 saturated carbocycles. The Morgan fingerprint density at radius 3 is 2.48 bits per heavy atom. The average molecular weight is 341 g/mol. The molecule has 0 spiro atoms. The van der Waals surface area contributed by atoms with E-state index in [0.29, 0.717) is 17.4 Å². The molecule has 1 aromatic heterocycles. The highest BCUT2D eigenvalue weighted by atomic mass is 16.2. The number of nitrogens with zero attached hydrogens (tertiary/aromatic N) is 4. The zero-order chi connectivity index (χ0) is 17.8. The van der Waals surface area contributed by atoms with Crippen LogP contribution in [0.5, 0.6) is 0 Å². The van der Waals surface area contributed by atoms with E-state index in [1.165, 1.54) is 6.42 Å². The summed E-state index contributed by atoms with van der Waals surface area (Å²) < 4.78 is 0. The highest BCUT2D eigenvalue weighted by Gasteiger charge is 2.28. The molecule has 1 aromatic rings. The topological polar surface area (TPSA) is 72.3 Å². The Balaban J connectivity index is 1.48. The fourth-order valence-corrected chi connectivity index (χ4v) is 3.99. The zero-order valence-corrected chi connectivity index (χ0v) is 15.1. The van der Waals surface area contributed by atoms with Gasteiger partial charge >= 0.3 is 6.03 Å². The number of urea groups is 1. The van der Waals surface area contributed by atoms with Crippen molar-refractivity contribution in [3.63, 3.8) is 0 Å². The number of nitriles is 1. The van der Waals surface area contributed by atoms with Gasteiger partial charge in [0, 0.05) is 38.4 Å². The Kier molecular flexibility index (Phi) is 5.42. The van der Waals surface area contributed by atoms with Crippen molar-refractivity contribution in [1.82, 2.24) is 15.2 Å². The van der Waals surface area contributed by atoms with Gasteiger partial charge in [-0.1, -0.05) is 13.8 Å². The molecule has 2 fully saturated rings. The summed E-state index contributed by atoms with van der Waals surface area (Å²) in [7, 11) is 0. The van der Waals surface area contributed by atoms with Crippen LogP contribution < -0.4 is 10.2 Å². The molecule has 0 aromatic carbocycles. The number of pyridine rings is 1. The van der Waals surface area contributed by atoms with Gasteiger partial charge < -0.3 is 15.1 Å². The molecule has 2 saturated heterocycles. The highest BCUT2D eigenvalue weighted by Crippen LogP contribution is 2.22. The van der Waals surface area contributed by atoms with Crippen LogP contribution in [0.1, 0.15) is 38.7 Å². The first-order chi connectivity index (χ1) is 12.0. The van der Waals surface area contributed by atoms with Crippen molar-refractivity contribution < 1.29 is 4.79 Å². The molecule has 0 aliphatic carbocycles. The Morgan fingerprint density at radius 2 is 1.92 bits per heavy atom. The second kappa shape index (κ2) is 7.73. The summed E-state index contributed by atoms with van der Waals surface area (Å²) >= 11 is 0. The molecule has 6 nitrogen and oxygen atoms in total. The molecular formula is C19H27N5O. The summed E-state index contributed by atoms with van der Waals surface area (Å²) in [6.07, 6.45) is 4.67. The molecule has 2 amide bonds. The number of hydrogen-bond acceptors (Lipinski definition) is 4. The van der Waals surface area contributed by atoms with Gasteiger partial charge in [0.15, 0.2) is 0 Å². The van der Waals surface area contributed by atoms with E-state index < -0.39 is 0 Å². The van der Waals surface area contributed by atoms with E-state index in [0.717, 1.165) is 44.8 Å². The van der Waals surface area contributed by atoms with Crippen LogP contribution in [0.15, 0.2) is 18.3 Å². The van der Waals surface area contributed by atoms with Crippen molar-refractivity contribution in [1.29, 1.82) is 5.26 Å². The largest absolute Gasteiger partial charge is 0.356 e. The molecule has 2 aliphatic rings. The summed E-state index contributed by atoms with van der Waals surface area (Å²) in [5, 5.41) is 12.1. The molecule has 2 atom stereocenters. The van der Waals surface area contributed by atoms with E-state index in [9.17, 15) is 4.79 Å². The lowest BCUT2D eigenvalue weighted by Gasteiger charge is -2.38. The number of hydrogen-bond donors (Lipinski definition) is 1. The van der Waals surface area contributed by atoms with Crippen LogP contribution in [-0.2, 0) is 0 Å². The van der Waals surface area contributed by atoms with Crippen molar-refractivity contribution in [2.75, 3.05) is 31.1 Å². The van der Waals surface area contributed by atoms with Crippen LogP contribution >= 0.6 is 0 Å². The van der Waals surface area contributed by atoms with Crippen molar-refractivity contribution in [2.45, 2.75) is 39.2 Å². The molecule has 3 heterocycles. The maximum Gasteiger partial charge on any atom is 0.317 e. The molecule has 134 valence electrons. The second-order valence-corrected chi connectivity index (χ2v) is 7.58. The zero-order valence-electron chi connectivity index (χ0n) is 15.1. The quantitative estimate of drug-likeness (QED) is 0.897. The molecule has 0 unspecified atom stereocenters. The Labute approximate surface area is 149 Å². The van der Waals surface area contributed by atoms with Crippen LogP contribution in [-0.4, -0.2) is 48.1 Å². The summed E-state index contributed by atoms with van der Waals surface area (Å²) in [4.78, 5) is 21.1. The fourth-order valence-electron chi connectivity index (χ4n) is 3.99. The van der Waals surface area contributed by atoms with Crippen molar-refractivity contribution in [3.05, 3.63) is 23.9 Å². The minimum atomic E-state index is 0.0911. The number of rotatable bonds is 2. The lowest BCUT2D eigenvalue weighted by molar-refractivity contribution is 0.142. The van der Waals surface area contributed by atoms with Gasteiger partial charge in [0.05, 0.1) is 5.56 Å². The minimum Gasteiger partial charge on any atom is -0.356 e. The third kappa shape index (κ3) is 4.41. The van der Waals surface area contributed by atoms with Gasteiger partial charge in [-0.25, -0.2) is 9.78 Å². The number of carbonyl (C=O) groups is 1. The average Bonchev–Trinajstić information content (AvgIpc) is 2.61. The van der Waals surface area contributed by atoms with E-state index in [1.54, 1.807) is 12.3 Å². The van der Waals surface area contributed by atoms with Crippen LogP contribution in [0.25, 0.3) is 0 Å². The van der Waals surface area contributed by atoms with Gasteiger partial charge in [0.1, 0.15) is 11.9 Å². The van der Waals surface area contributed by atoms with Crippen LogP contribution in [0, 0.1) is 23.2 Å². The minimum absolute atomic E-state index is 0.0911. The van der Waals surface area contributed by atoms with E-state index in [-0.39, 0.29) is 12.1 Å². The maximum absolute atomic E-state index is 12.5. The molecule has 6 heteroatoms. The van der Waals surface area contributed by atoms with E-state index in [1.807, 2.05) is 11.0 Å². The lowest BCUT2D eigenvalue weighted by Crippen LogP contribution is -2.52. The second-order valence-electron chi connectivity index (χ2n) is 7.58. The summed E-state index contributed by atoms with van der Waals surface area (Å²) in [5.74, 6) is 2.07. The van der Waals surface area contributed by atoms with Crippen molar-refractivity contribution >= 4 is 11.8 Å². The van der Waals surface area contributed by atoms with Gasteiger partial charge in [0.2, 0.25) is 0 Å². The van der Waals surface area contributed by atoms with Crippen molar-refractivity contribution in [3.8, 4) is 6.07 Å². The van der Waals surface area contributed by atoms with Gasteiger partial charge in [-0.2, -0.15) is 5.26 Å². The number of likely N-dealkylation sites (tertiary alicyclic amines) is 1. The van der Waals surface area contributed by atoms with Crippen LogP contribution in [0.4, 0.5) is 10.6 Å². The van der Waals surface area contributed by atoms with Gasteiger partial charge in [-0.05, 0) is 43.2 Å². The number of piperidine rings is 2. The lowest BCUT2D eigenvalue weighted by atomic mass is 9.92. The normalized spacial score (nSPS) is 24.7. The monoisotopic (exact) mass is 341 g/mol. The van der Waals surface area contributed by atoms with Gasteiger partial charge in [0.25, 0.3) is 0 Å². The molecular weight excluding hydrogens is 314 g/mol. The first kappa shape index (κ1) is 17.5. The number of nitrogens with one attached hydrogen (secondary N) is 1. The molecule has 0 bridgehead atoms. The molecule has 1 N–H and O–H groups in total. The highest BCUT2D eigenvalue weighted by molar-refractivity contribution is 5.74. The van der Waals surface area contributed by atoms with E-state index >= 15 is 0 Å². The summed E-state index contributed by atoms with van der Waals surface area (Å²) in [6, 6.07) is 6.11. The Hall–Kier alpha value is -2.29. The molecule has 25 heavy (non-hydrogen) atoms. The maximum atomic E-state index is 12.5. The third-order valence-corrected chi connectivity index (χ3v) is 5.18. The number of aromatic nitrogens is 1. The SMILES string of the molecule is C[C@@H]1C[C@@H](C)CN(C(=O)NC2CCN(c3ccc(C#N)cn3)CC2)C1. The standard InChI is InChI=1S/C19H27N5O/c1-14-9-15(2)13-24(12-14)19(25)22-17-5-7-23(8-6-17)18-4-3-16(10-20)11-21-18/h3-4,11,14-15,17H,5-9,12-13H2,1-2H3,(H,22,25)/t14-,15-/m1/s1. The smallest absolute Gasteiger partial charge is 0.317 e. The van der Waals surface area contributed by atoms with E-state index in [2.05, 4.69) is 35.1 Å². The van der Waals surface area contributed by atoms with Gasteiger partial charge in [-0.3, -0.25) is 0 Å². The summed E-state index contributed by atoms with van der Waals surface area (Å²) in [5.41, 5.74) is 0.580. The molecule has 3 rings (SSSR count). The predicted octanol–water partition coefficient (Wildman–Crippen LogP) is 2.61. The Morgan fingerprint density at radius 1 is 1.24 bits per heavy atom. The molecule has 0 radical (unpaired) electrons. The first-order valence-corrected chi connectivity index (χ1v) is 9.21. The van der Waals surface area contributed by atoms with E-state index in [4.69, 9.17) is 5.26 Å². The van der Waals surface area contributed by atoms with Crippen molar-refractivity contribution in [2.24, 2.45) is 11.8 Å². The van der Waals surface area contributed by atoms with Crippen LogP contribution in [0.2, 0.25) is 0 Å². The van der Waals surface area contributed by atoms with Gasteiger partial charge in [-0.15, -0.1) is 0 Å². The summed E-state index contributed by atoms with van der Waals surface area (Å²) in [6.45, 7) is 7.92. The third-order valence-electron chi connectivity index (χ3n) is 5.18. The molecule has 2 aliphatic heterocycles. The van der Waals surface area contributed by atoms with Crippen LogP contribution in [0.3, 0.4) is 0 Å². The fraction of sp³-hybridized carbons (Fsp3) is 0.632. The predicted molar refractivity (Wildman–Crippen MR) is 97.2 cm³/mol. The first-order valence-electron chi connectivity index (χ1n) is 9.21.